The number of nitrogens with zero attached hydrogens (tertiary/aromatic N) is 4. The van der Waals surface area contributed by atoms with Gasteiger partial charge in [0.2, 0.25) is 0 Å². The van der Waals surface area contributed by atoms with E-state index in [0.29, 0.717) is 17.5 Å². The van der Waals surface area contributed by atoms with Gasteiger partial charge < -0.3 is 4.52 Å². The van der Waals surface area contributed by atoms with E-state index in [0.717, 1.165) is 26.4 Å². The molecule has 0 saturated heterocycles. The maximum Gasteiger partial charge on any atom is 0.269 e. The van der Waals surface area contributed by atoms with E-state index in [4.69, 9.17) is 4.52 Å². The standard InChI is InChI=1S/C16H12N4OS2/c1-10-15(23-9-18-10)16-19-14(20-21-16)8-22-13-6-7-17-12-5-3-2-4-11(12)13/h2-7,9H,8H2,1H3. The van der Waals surface area contributed by atoms with Crippen molar-refractivity contribution in [1.82, 2.24) is 20.1 Å². The zero-order chi connectivity index (χ0) is 15.6. The molecule has 3 heterocycles. The monoisotopic (exact) mass is 340 g/mol. The number of rotatable bonds is 4. The molecular formula is C16H12N4OS2. The molecule has 0 radical (unpaired) electrons. The van der Waals surface area contributed by atoms with Crippen LogP contribution in [0.4, 0.5) is 0 Å². The number of thiazole rings is 1. The van der Waals surface area contributed by atoms with E-state index in [1.807, 2.05) is 37.4 Å². The summed E-state index contributed by atoms with van der Waals surface area (Å²) in [5.74, 6) is 1.87. The van der Waals surface area contributed by atoms with E-state index >= 15 is 0 Å². The van der Waals surface area contributed by atoms with E-state index < -0.39 is 0 Å². The Morgan fingerprint density at radius 1 is 1.17 bits per heavy atom. The Morgan fingerprint density at radius 2 is 2.09 bits per heavy atom. The van der Waals surface area contributed by atoms with Gasteiger partial charge in [0.25, 0.3) is 5.89 Å². The highest BCUT2D eigenvalue weighted by Crippen LogP contribution is 2.30. The summed E-state index contributed by atoms with van der Waals surface area (Å²) in [5, 5.41) is 5.21. The van der Waals surface area contributed by atoms with Crippen molar-refractivity contribution in [3.63, 3.8) is 0 Å². The summed E-state index contributed by atoms with van der Waals surface area (Å²) in [7, 11) is 0. The van der Waals surface area contributed by atoms with Gasteiger partial charge in [-0.3, -0.25) is 4.98 Å². The highest BCUT2D eigenvalue weighted by atomic mass is 32.2. The van der Waals surface area contributed by atoms with Crippen LogP contribution in [0.15, 0.2) is 51.5 Å². The first-order chi connectivity index (χ1) is 11.3. The van der Waals surface area contributed by atoms with Gasteiger partial charge in [-0.05, 0) is 19.1 Å². The second kappa shape index (κ2) is 6.10. The molecule has 114 valence electrons. The van der Waals surface area contributed by atoms with Crippen LogP contribution in [0.1, 0.15) is 11.5 Å². The average Bonchev–Trinajstić information content (AvgIpc) is 3.21. The number of hydrogen-bond acceptors (Lipinski definition) is 7. The summed E-state index contributed by atoms with van der Waals surface area (Å²) in [5.41, 5.74) is 3.69. The van der Waals surface area contributed by atoms with Crippen molar-refractivity contribution < 1.29 is 4.52 Å². The second-order valence-corrected chi connectivity index (χ2v) is 6.77. The summed E-state index contributed by atoms with van der Waals surface area (Å²) < 4.78 is 5.35. The van der Waals surface area contributed by atoms with E-state index in [1.165, 1.54) is 11.3 Å². The van der Waals surface area contributed by atoms with Crippen molar-refractivity contribution in [3.05, 3.63) is 53.6 Å². The molecular weight excluding hydrogens is 328 g/mol. The quantitative estimate of drug-likeness (QED) is 0.515. The first-order valence-electron chi connectivity index (χ1n) is 7.01. The maximum atomic E-state index is 5.35. The molecule has 0 saturated carbocycles. The molecule has 0 amide bonds. The number of thioether (sulfide) groups is 1. The van der Waals surface area contributed by atoms with Crippen molar-refractivity contribution in [3.8, 4) is 10.8 Å². The molecule has 0 N–H and O–H groups in total. The smallest absolute Gasteiger partial charge is 0.269 e. The van der Waals surface area contributed by atoms with Gasteiger partial charge >= 0.3 is 0 Å². The van der Waals surface area contributed by atoms with Gasteiger partial charge in [0.15, 0.2) is 5.82 Å². The summed E-state index contributed by atoms with van der Waals surface area (Å²) >= 11 is 3.19. The van der Waals surface area contributed by atoms with Gasteiger partial charge in [0.05, 0.1) is 22.5 Å². The normalized spacial score (nSPS) is 11.2. The molecule has 3 aromatic heterocycles. The number of benzene rings is 1. The third kappa shape index (κ3) is 2.85. The Labute approximate surface area is 140 Å². The molecule has 23 heavy (non-hydrogen) atoms. The number of pyridine rings is 1. The van der Waals surface area contributed by atoms with Gasteiger partial charge in [-0.1, -0.05) is 23.4 Å². The first kappa shape index (κ1) is 14.3. The van der Waals surface area contributed by atoms with Crippen molar-refractivity contribution >= 4 is 34.0 Å². The molecule has 0 atom stereocenters. The lowest BCUT2D eigenvalue weighted by molar-refractivity contribution is 0.425. The molecule has 7 heteroatoms. The second-order valence-electron chi connectivity index (χ2n) is 4.90. The lowest BCUT2D eigenvalue weighted by Crippen LogP contribution is -1.86. The minimum Gasteiger partial charge on any atom is -0.333 e. The van der Waals surface area contributed by atoms with Gasteiger partial charge in [0.1, 0.15) is 4.88 Å². The maximum absolute atomic E-state index is 5.35. The number of hydrogen-bond donors (Lipinski definition) is 0. The Morgan fingerprint density at radius 3 is 2.96 bits per heavy atom. The summed E-state index contributed by atoms with van der Waals surface area (Å²) in [6.45, 7) is 1.94. The summed E-state index contributed by atoms with van der Waals surface area (Å²) in [6, 6.07) is 10.1. The third-order valence-corrected chi connectivity index (χ3v) is 5.36. The molecule has 0 aliphatic heterocycles. The Balaban J connectivity index is 1.55. The Bertz CT molecular complexity index is 958. The SMILES string of the molecule is Cc1ncsc1-c1nc(CSc2ccnc3ccccc23)no1. The van der Waals surface area contributed by atoms with E-state index in [-0.39, 0.29) is 0 Å². The first-order valence-corrected chi connectivity index (χ1v) is 8.87. The van der Waals surface area contributed by atoms with Crippen molar-refractivity contribution in [1.29, 1.82) is 0 Å². The van der Waals surface area contributed by atoms with Crippen LogP contribution in [-0.2, 0) is 5.75 Å². The summed E-state index contributed by atoms with van der Waals surface area (Å²) in [6.07, 6.45) is 1.83. The summed E-state index contributed by atoms with van der Waals surface area (Å²) in [4.78, 5) is 15.1. The van der Waals surface area contributed by atoms with Crippen LogP contribution in [-0.4, -0.2) is 20.1 Å². The fraction of sp³-hybridized carbons (Fsp3) is 0.125. The molecule has 0 aliphatic rings. The fourth-order valence-electron chi connectivity index (χ4n) is 2.25. The highest BCUT2D eigenvalue weighted by molar-refractivity contribution is 7.98. The van der Waals surface area contributed by atoms with Crippen LogP contribution in [0.5, 0.6) is 0 Å². The molecule has 0 fully saturated rings. The van der Waals surface area contributed by atoms with Crippen molar-refractivity contribution in [2.45, 2.75) is 17.6 Å². The number of para-hydroxylation sites is 1. The van der Waals surface area contributed by atoms with Crippen LogP contribution in [0.25, 0.3) is 21.7 Å². The third-order valence-electron chi connectivity index (χ3n) is 3.37. The number of aromatic nitrogens is 4. The van der Waals surface area contributed by atoms with E-state index in [2.05, 4.69) is 26.2 Å². The molecule has 0 bridgehead atoms. The van der Waals surface area contributed by atoms with Gasteiger partial charge in [-0.25, -0.2) is 4.98 Å². The van der Waals surface area contributed by atoms with Crippen LogP contribution in [0.3, 0.4) is 0 Å². The predicted molar refractivity (Wildman–Crippen MR) is 91.4 cm³/mol. The predicted octanol–water partition coefficient (Wildman–Crippen LogP) is 4.34. The number of aryl methyl sites for hydroxylation is 1. The van der Waals surface area contributed by atoms with Crippen molar-refractivity contribution in [2.75, 3.05) is 0 Å². The van der Waals surface area contributed by atoms with E-state index in [1.54, 1.807) is 17.3 Å². The molecule has 0 aliphatic carbocycles. The fourth-order valence-corrected chi connectivity index (χ4v) is 3.86. The molecule has 0 unspecified atom stereocenters. The Kier molecular flexibility index (Phi) is 3.80. The van der Waals surface area contributed by atoms with Crippen LogP contribution in [0.2, 0.25) is 0 Å². The van der Waals surface area contributed by atoms with Crippen LogP contribution in [0, 0.1) is 6.92 Å². The minimum atomic E-state index is 0.542. The average molecular weight is 340 g/mol. The molecule has 4 rings (SSSR count). The molecule has 0 spiro atoms. The van der Waals surface area contributed by atoms with Crippen LogP contribution >= 0.6 is 23.1 Å². The largest absolute Gasteiger partial charge is 0.333 e. The van der Waals surface area contributed by atoms with E-state index in [9.17, 15) is 0 Å². The zero-order valence-electron chi connectivity index (χ0n) is 12.3. The van der Waals surface area contributed by atoms with Crippen LogP contribution < -0.4 is 0 Å². The number of fused-ring (bicyclic) bond motifs is 1. The highest BCUT2D eigenvalue weighted by Gasteiger charge is 2.14. The molecule has 4 aromatic rings. The molecule has 1 aromatic carbocycles. The zero-order valence-corrected chi connectivity index (χ0v) is 13.9. The van der Waals surface area contributed by atoms with Gasteiger partial charge in [-0.2, -0.15) is 4.98 Å². The Hall–Kier alpha value is -2.25. The van der Waals surface area contributed by atoms with Crippen molar-refractivity contribution in [2.24, 2.45) is 0 Å². The lowest BCUT2D eigenvalue weighted by Gasteiger charge is -2.03. The molecule has 5 nitrogen and oxygen atoms in total. The van der Waals surface area contributed by atoms with Gasteiger partial charge in [0, 0.05) is 16.5 Å². The minimum absolute atomic E-state index is 0.542. The topological polar surface area (TPSA) is 64.7 Å². The lowest BCUT2D eigenvalue weighted by atomic mass is 10.2. The van der Waals surface area contributed by atoms with Gasteiger partial charge in [-0.15, -0.1) is 23.1 Å².